The van der Waals surface area contributed by atoms with Crippen LogP contribution in [0.3, 0.4) is 0 Å². The van der Waals surface area contributed by atoms with Crippen LogP contribution in [0.4, 0.5) is 5.69 Å². The maximum absolute atomic E-state index is 12.7. The number of fused-ring (bicyclic) bond motifs is 1. The fourth-order valence-corrected chi connectivity index (χ4v) is 3.22. The summed E-state index contributed by atoms with van der Waals surface area (Å²) in [7, 11) is 0. The molecule has 0 aromatic heterocycles. The first-order valence-electron chi connectivity index (χ1n) is 8.90. The van der Waals surface area contributed by atoms with Gasteiger partial charge in [0.1, 0.15) is 6.04 Å². The number of nitrogens with one attached hydrogen (secondary N) is 2. The summed E-state index contributed by atoms with van der Waals surface area (Å²) in [5, 5.41) is 5.33. The van der Waals surface area contributed by atoms with E-state index in [1.54, 1.807) is 18.2 Å². The predicted molar refractivity (Wildman–Crippen MR) is 99.6 cm³/mol. The van der Waals surface area contributed by atoms with Crippen LogP contribution in [0.1, 0.15) is 12.0 Å². The van der Waals surface area contributed by atoms with Crippen LogP contribution in [-0.4, -0.2) is 42.0 Å². The van der Waals surface area contributed by atoms with Gasteiger partial charge in [0.2, 0.25) is 24.5 Å². The summed E-state index contributed by atoms with van der Waals surface area (Å²) in [6.45, 7) is 0.452. The number of amides is 3. The number of benzene rings is 2. The van der Waals surface area contributed by atoms with Crippen molar-refractivity contribution >= 4 is 23.4 Å². The molecule has 0 spiro atoms. The summed E-state index contributed by atoms with van der Waals surface area (Å²) >= 11 is 0. The number of piperazine rings is 1. The van der Waals surface area contributed by atoms with E-state index in [0.717, 1.165) is 5.56 Å². The quantitative estimate of drug-likeness (QED) is 0.813. The van der Waals surface area contributed by atoms with E-state index in [1.807, 2.05) is 30.3 Å². The normalized spacial score (nSPS) is 18.0. The average Bonchev–Trinajstić information content (AvgIpc) is 3.14. The second-order valence-electron chi connectivity index (χ2n) is 6.62. The first-order chi connectivity index (χ1) is 13.6. The molecule has 2 N–H and O–H groups in total. The number of hydrogen-bond donors (Lipinski definition) is 2. The van der Waals surface area contributed by atoms with Crippen LogP contribution in [0.15, 0.2) is 48.5 Å². The highest BCUT2D eigenvalue weighted by Gasteiger charge is 2.34. The Hall–Kier alpha value is -3.55. The van der Waals surface area contributed by atoms with Crippen LogP contribution in [0.2, 0.25) is 0 Å². The molecule has 28 heavy (non-hydrogen) atoms. The number of hydrogen-bond acceptors (Lipinski definition) is 5. The van der Waals surface area contributed by atoms with Gasteiger partial charge in [0, 0.05) is 18.3 Å². The highest BCUT2D eigenvalue weighted by molar-refractivity contribution is 6.00. The van der Waals surface area contributed by atoms with E-state index in [9.17, 15) is 14.4 Å². The Morgan fingerprint density at radius 1 is 1.11 bits per heavy atom. The summed E-state index contributed by atoms with van der Waals surface area (Å²) in [5.41, 5.74) is 1.46. The summed E-state index contributed by atoms with van der Waals surface area (Å²) in [6.07, 6.45) is -0.149. The molecule has 144 valence electrons. The molecule has 0 radical (unpaired) electrons. The van der Waals surface area contributed by atoms with Gasteiger partial charge >= 0.3 is 0 Å². The Morgan fingerprint density at radius 3 is 2.71 bits per heavy atom. The topological polar surface area (TPSA) is 97.0 Å². The van der Waals surface area contributed by atoms with Crippen molar-refractivity contribution in [3.8, 4) is 11.5 Å². The molecule has 2 aromatic rings. The molecular formula is C20H19N3O5. The first-order valence-corrected chi connectivity index (χ1v) is 8.90. The third-order valence-corrected chi connectivity index (χ3v) is 4.54. The number of carbonyl (C=O) groups excluding carboxylic acids is 3. The molecule has 2 aliphatic heterocycles. The van der Waals surface area contributed by atoms with Gasteiger partial charge in [0.15, 0.2) is 11.5 Å². The highest BCUT2D eigenvalue weighted by atomic mass is 16.7. The van der Waals surface area contributed by atoms with E-state index < -0.39 is 6.04 Å². The van der Waals surface area contributed by atoms with Crippen LogP contribution in [0, 0.1) is 0 Å². The zero-order chi connectivity index (χ0) is 19.5. The molecule has 2 aromatic carbocycles. The van der Waals surface area contributed by atoms with Crippen molar-refractivity contribution in [2.45, 2.75) is 19.0 Å². The van der Waals surface area contributed by atoms with E-state index >= 15 is 0 Å². The van der Waals surface area contributed by atoms with Crippen LogP contribution in [0.5, 0.6) is 11.5 Å². The molecule has 1 saturated heterocycles. The van der Waals surface area contributed by atoms with E-state index in [4.69, 9.17) is 9.47 Å². The summed E-state index contributed by atoms with van der Waals surface area (Å²) in [4.78, 5) is 38.6. The first kappa shape index (κ1) is 17.8. The summed E-state index contributed by atoms with van der Waals surface area (Å²) in [5.74, 6) is 0.234. The second-order valence-corrected chi connectivity index (χ2v) is 6.62. The fourth-order valence-electron chi connectivity index (χ4n) is 3.22. The minimum atomic E-state index is -0.890. The van der Waals surface area contributed by atoms with Crippen LogP contribution >= 0.6 is 0 Å². The predicted octanol–water partition coefficient (Wildman–Crippen LogP) is 1.27. The lowest BCUT2D eigenvalue weighted by atomic mass is 10.1. The third kappa shape index (κ3) is 3.90. The Morgan fingerprint density at radius 2 is 1.89 bits per heavy atom. The molecule has 0 aliphatic carbocycles. The van der Waals surface area contributed by atoms with Crippen molar-refractivity contribution in [2.24, 2.45) is 0 Å². The number of carbonyl (C=O) groups is 3. The zero-order valence-corrected chi connectivity index (χ0v) is 15.0. The summed E-state index contributed by atoms with van der Waals surface area (Å²) < 4.78 is 10.5. The van der Waals surface area contributed by atoms with E-state index in [-0.39, 0.29) is 37.5 Å². The Bertz CT molecular complexity index is 915. The van der Waals surface area contributed by atoms with Gasteiger partial charge in [-0.05, 0) is 17.7 Å². The van der Waals surface area contributed by atoms with Crippen molar-refractivity contribution in [3.63, 3.8) is 0 Å². The SMILES string of the molecule is O=C(C[C@H]1NC(=O)CN(Cc2ccccc2)C1=O)Nc1ccc2c(c1)OCO2. The van der Waals surface area contributed by atoms with Crippen LogP contribution < -0.4 is 20.1 Å². The van der Waals surface area contributed by atoms with Gasteiger partial charge in [-0.1, -0.05) is 30.3 Å². The molecule has 4 rings (SSSR count). The van der Waals surface area contributed by atoms with Crippen LogP contribution in [0.25, 0.3) is 0 Å². The maximum Gasteiger partial charge on any atom is 0.246 e. The number of nitrogens with zero attached hydrogens (tertiary/aromatic N) is 1. The average molecular weight is 381 g/mol. The lowest BCUT2D eigenvalue weighted by Crippen LogP contribution is -2.58. The lowest BCUT2D eigenvalue weighted by molar-refractivity contribution is -0.145. The minimum Gasteiger partial charge on any atom is -0.454 e. The van der Waals surface area contributed by atoms with Crippen molar-refractivity contribution in [2.75, 3.05) is 18.7 Å². The standard InChI is InChI=1S/C20H19N3O5/c24-18(21-14-6-7-16-17(8-14)28-12-27-16)9-15-20(26)23(11-19(25)22-15)10-13-4-2-1-3-5-13/h1-8,15H,9-12H2,(H,21,24)(H,22,25)/t15-/m1/s1. The van der Waals surface area contributed by atoms with Gasteiger partial charge in [-0.2, -0.15) is 0 Å². The second kappa shape index (κ2) is 7.59. The molecule has 2 heterocycles. The smallest absolute Gasteiger partial charge is 0.246 e. The molecule has 0 unspecified atom stereocenters. The van der Waals surface area contributed by atoms with Gasteiger partial charge in [0.05, 0.1) is 13.0 Å². The molecule has 8 heteroatoms. The Balaban J connectivity index is 1.39. The van der Waals surface area contributed by atoms with Gasteiger partial charge < -0.3 is 25.0 Å². The number of anilines is 1. The fraction of sp³-hybridized carbons (Fsp3) is 0.250. The maximum atomic E-state index is 12.7. The van der Waals surface area contributed by atoms with Gasteiger partial charge in [-0.15, -0.1) is 0 Å². The third-order valence-electron chi connectivity index (χ3n) is 4.54. The molecule has 0 bridgehead atoms. The van der Waals surface area contributed by atoms with Gasteiger partial charge in [-0.3, -0.25) is 14.4 Å². The highest BCUT2D eigenvalue weighted by Crippen LogP contribution is 2.34. The molecule has 8 nitrogen and oxygen atoms in total. The molecule has 0 saturated carbocycles. The molecule has 2 aliphatic rings. The van der Waals surface area contributed by atoms with Crippen LogP contribution in [-0.2, 0) is 20.9 Å². The molecule has 1 atom stereocenters. The minimum absolute atomic E-state index is 0.0198. The summed E-state index contributed by atoms with van der Waals surface area (Å²) in [6, 6.07) is 13.6. The van der Waals surface area contributed by atoms with Crippen molar-refractivity contribution in [1.29, 1.82) is 0 Å². The van der Waals surface area contributed by atoms with E-state index in [1.165, 1.54) is 4.90 Å². The largest absolute Gasteiger partial charge is 0.454 e. The Kier molecular flexibility index (Phi) is 4.84. The molecular weight excluding hydrogens is 362 g/mol. The van der Waals surface area contributed by atoms with Crippen molar-refractivity contribution in [3.05, 3.63) is 54.1 Å². The van der Waals surface area contributed by atoms with Gasteiger partial charge in [-0.25, -0.2) is 0 Å². The van der Waals surface area contributed by atoms with E-state index in [2.05, 4.69) is 10.6 Å². The van der Waals surface area contributed by atoms with Crippen molar-refractivity contribution < 1.29 is 23.9 Å². The van der Waals surface area contributed by atoms with Crippen molar-refractivity contribution in [1.82, 2.24) is 10.2 Å². The number of ether oxygens (including phenoxy) is 2. The lowest BCUT2D eigenvalue weighted by Gasteiger charge is -2.32. The van der Waals surface area contributed by atoms with Gasteiger partial charge in [0.25, 0.3) is 0 Å². The molecule has 3 amide bonds. The molecule has 1 fully saturated rings. The zero-order valence-electron chi connectivity index (χ0n) is 15.0. The van der Waals surface area contributed by atoms with E-state index in [0.29, 0.717) is 23.7 Å². The number of rotatable bonds is 5. The monoisotopic (exact) mass is 381 g/mol. The Labute approximate surface area is 161 Å².